The van der Waals surface area contributed by atoms with Crippen LogP contribution in [0.5, 0.6) is 0 Å². The van der Waals surface area contributed by atoms with E-state index in [2.05, 4.69) is 15.9 Å². The summed E-state index contributed by atoms with van der Waals surface area (Å²) in [6.07, 6.45) is 0. The molecule has 0 unspecified atom stereocenters. The third kappa shape index (κ3) is 4.78. The number of hydrogen-bond acceptors (Lipinski definition) is 3. The molecule has 0 saturated heterocycles. The average molecular weight is 334 g/mol. The van der Waals surface area contributed by atoms with E-state index < -0.39 is 15.6 Å². The van der Waals surface area contributed by atoms with Gasteiger partial charge in [0.25, 0.3) is 0 Å². The first-order chi connectivity index (χ1) is 8.34. The molecule has 0 aliphatic heterocycles. The predicted molar refractivity (Wildman–Crippen MR) is 74.9 cm³/mol. The summed E-state index contributed by atoms with van der Waals surface area (Å²) < 4.78 is 24.6. The van der Waals surface area contributed by atoms with Crippen LogP contribution in [0.15, 0.2) is 28.7 Å². The first-order valence-electron chi connectivity index (χ1n) is 5.53. The lowest BCUT2D eigenvalue weighted by Crippen LogP contribution is -2.32. The van der Waals surface area contributed by atoms with Crippen molar-refractivity contribution in [3.05, 3.63) is 34.3 Å². The Labute approximate surface area is 116 Å². The van der Waals surface area contributed by atoms with Crippen LogP contribution in [0, 0.1) is 0 Å². The monoisotopic (exact) mass is 333 g/mol. The first-order valence-corrected chi connectivity index (χ1v) is 8.14. The lowest BCUT2D eigenvalue weighted by atomic mass is 10.2. The zero-order chi connectivity index (χ0) is 13.8. The standard InChI is InChI=1S/C12H16BrNO3S/c1-3-14(2)12(15)9-18(16,17)8-10-5-4-6-11(13)7-10/h4-7H,3,8-9H2,1-2H3. The van der Waals surface area contributed by atoms with Gasteiger partial charge in [0.1, 0.15) is 5.75 Å². The molecule has 0 radical (unpaired) electrons. The zero-order valence-electron chi connectivity index (χ0n) is 10.4. The predicted octanol–water partition coefficient (Wildman–Crippen LogP) is 1.84. The second-order valence-corrected chi connectivity index (χ2v) is 7.05. The molecular weight excluding hydrogens is 318 g/mol. The highest BCUT2D eigenvalue weighted by Crippen LogP contribution is 2.14. The summed E-state index contributed by atoms with van der Waals surface area (Å²) in [6.45, 7) is 2.31. The minimum Gasteiger partial charge on any atom is -0.345 e. The van der Waals surface area contributed by atoms with Gasteiger partial charge >= 0.3 is 0 Å². The van der Waals surface area contributed by atoms with Crippen molar-refractivity contribution in [3.8, 4) is 0 Å². The highest BCUT2D eigenvalue weighted by molar-refractivity contribution is 9.10. The molecule has 1 amide bonds. The van der Waals surface area contributed by atoms with Gasteiger partial charge in [0.15, 0.2) is 9.84 Å². The van der Waals surface area contributed by atoms with E-state index in [-0.39, 0.29) is 11.7 Å². The summed E-state index contributed by atoms with van der Waals surface area (Å²) in [5.41, 5.74) is 0.677. The van der Waals surface area contributed by atoms with Gasteiger partial charge < -0.3 is 4.90 Å². The number of nitrogens with zero attached hydrogens (tertiary/aromatic N) is 1. The Morgan fingerprint density at radius 2 is 2.06 bits per heavy atom. The third-order valence-corrected chi connectivity index (χ3v) is 4.47. The van der Waals surface area contributed by atoms with Gasteiger partial charge in [0.2, 0.25) is 5.91 Å². The second-order valence-electron chi connectivity index (χ2n) is 4.07. The molecular formula is C12H16BrNO3S. The van der Waals surface area contributed by atoms with Crippen molar-refractivity contribution in [2.24, 2.45) is 0 Å². The van der Waals surface area contributed by atoms with Gasteiger partial charge in [-0.25, -0.2) is 8.42 Å². The molecule has 0 atom stereocenters. The molecule has 0 aromatic heterocycles. The normalized spacial score (nSPS) is 11.3. The number of benzene rings is 1. The molecule has 1 aromatic rings. The fourth-order valence-corrected chi connectivity index (χ4v) is 3.24. The quantitative estimate of drug-likeness (QED) is 0.826. The summed E-state index contributed by atoms with van der Waals surface area (Å²) in [4.78, 5) is 13.0. The molecule has 0 fully saturated rings. The molecule has 0 heterocycles. The summed E-state index contributed by atoms with van der Waals surface area (Å²) in [7, 11) is -1.82. The van der Waals surface area contributed by atoms with Crippen molar-refractivity contribution < 1.29 is 13.2 Å². The van der Waals surface area contributed by atoms with Crippen LogP contribution in [-0.2, 0) is 20.4 Å². The van der Waals surface area contributed by atoms with E-state index in [1.54, 1.807) is 32.2 Å². The molecule has 0 N–H and O–H groups in total. The Hall–Kier alpha value is -0.880. The number of halogens is 1. The Bertz CT molecular complexity index is 528. The molecule has 0 aliphatic carbocycles. The molecule has 0 saturated carbocycles. The lowest BCUT2D eigenvalue weighted by Gasteiger charge is -2.14. The Morgan fingerprint density at radius 3 is 2.61 bits per heavy atom. The van der Waals surface area contributed by atoms with Gasteiger partial charge in [-0.05, 0) is 24.6 Å². The molecule has 4 nitrogen and oxygen atoms in total. The van der Waals surface area contributed by atoms with E-state index in [0.717, 1.165) is 4.47 Å². The SMILES string of the molecule is CCN(C)C(=O)CS(=O)(=O)Cc1cccc(Br)c1. The first kappa shape index (κ1) is 15.2. The largest absolute Gasteiger partial charge is 0.345 e. The molecule has 0 bridgehead atoms. The summed E-state index contributed by atoms with van der Waals surface area (Å²) in [5.74, 6) is -0.924. The number of carbonyl (C=O) groups is 1. The van der Waals surface area contributed by atoms with Crippen LogP contribution in [0.25, 0.3) is 0 Å². The molecule has 0 spiro atoms. The van der Waals surface area contributed by atoms with Crippen molar-refractivity contribution >= 4 is 31.7 Å². The van der Waals surface area contributed by atoms with Crippen LogP contribution in [0.3, 0.4) is 0 Å². The fourth-order valence-electron chi connectivity index (χ4n) is 1.41. The lowest BCUT2D eigenvalue weighted by molar-refractivity contribution is -0.126. The van der Waals surface area contributed by atoms with E-state index in [4.69, 9.17) is 0 Å². The molecule has 100 valence electrons. The van der Waals surface area contributed by atoms with Gasteiger partial charge in [-0.15, -0.1) is 0 Å². The Morgan fingerprint density at radius 1 is 1.39 bits per heavy atom. The highest BCUT2D eigenvalue weighted by atomic mass is 79.9. The molecule has 0 aliphatic rings. The van der Waals surface area contributed by atoms with Crippen LogP contribution in [0.2, 0.25) is 0 Å². The number of rotatable bonds is 5. The van der Waals surface area contributed by atoms with Crippen molar-refractivity contribution in [1.82, 2.24) is 4.90 Å². The summed E-state index contributed by atoms with van der Waals surface area (Å²) in [6, 6.07) is 7.07. The maximum Gasteiger partial charge on any atom is 0.237 e. The van der Waals surface area contributed by atoms with Gasteiger partial charge in [-0.3, -0.25) is 4.79 Å². The number of amides is 1. The van der Waals surface area contributed by atoms with E-state index in [9.17, 15) is 13.2 Å². The maximum absolute atomic E-state index is 11.9. The smallest absolute Gasteiger partial charge is 0.237 e. The minimum atomic E-state index is -3.42. The molecule has 6 heteroatoms. The summed E-state index contributed by atoms with van der Waals surface area (Å²) >= 11 is 3.28. The fraction of sp³-hybridized carbons (Fsp3) is 0.417. The average Bonchev–Trinajstić information content (AvgIpc) is 2.26. The van der Waals surface area contributed by atoms with E-state index in [1.165, 1.54) is 4.90 Å². The summed E-state index contributed by atoms with van der Waals surface area (Å²) in [5, 5.41) is 0. The van der Waals surface area contributed by atoms with Gasteiger partial charge in [-0.2, -0.15) is 0 Å². The van der Waals surface area contributed by atoms with Crippen LogP contribution < -0.4 is 0 Å². The van der Waals surface area contributed by atoms with Gasteiger partial charge in [0, 0.05) is 18.1 Å². The Balaban J connectivity index is 2.74. The zero-order valence-corrected chi connectivity index (χ0v) is 12.8. The molecule has 1 aromatic carbocycles. The van der Waals surface area contributed by atoms with Crippen LogP contribution >= 0.6 is 15.9 Å². The minimum absolute atomic E-state index is 0.115. The van der Waals surface area contributed by atoms with Crippen molar-refractivity contribution in [2.45, 2.75) is 12.7 Å². The van der Waals surface area contributed by atoms with Gasteiger partial charge in [0.05, 0.1) is 5.75 Å². The van der Waals surface area contributed by atoms with E-state index >= 15 is 0 Å². The van der Waals surface area contributed by atoms with Crippen molar-refractivity contribution in [3.63, 3.8) is 0 Å². The number of hydrogen-bond donors (Lipinski definition) is 0. The molecule has 1 rings (SSSR count). The van der Waals surface area contributed by atoms with Crippen LogP contribution in [-0.4, -0.2) is 38.6 Å². The Kier molecular flexibility index (Phi) is 5.34. The second kappa shape index (κ2) is 6.33. The van der Waals surface area contributed by atoms with Crippen LogP contribution in [0.1, 0.15) is 12.5 Å². The van der Waals surface area contributed by atoms with Gasteiger partial charge in [-0.1, -0.05) is 28.1 Å². The van der Waals surface area contributed by atoms with E-state index in [1.807, 2.05) is 6.07 Å². The van der Waals surface area contributed by atoms with Crippen molar-refractivity contribution in [1.29, 1.82) is 0 Å². The maximum atomic E-state index is 11.9. The van der Waals surface area contributed by atoms with E-state index in [0.29, 0.717) is 12.1 Å². The third-order valence-electron chi connectivity index (χ3n) is 2.52. The topological polar surface area (TPSA) is 54.5 Å². The molecule has 18 heavy (non-hydrogen) atoms. The highest BCUT2D eigenvalue weighted by Gasteiger charge is 2.19. The number of carbonyl (C=O) groups excluding carboxylic acids is 1. The number of sulfone groups is 1. The van der Waals surface area contributed by atoms with Crippen molar-refractivity contribution in [2.75, 3.05) is 19.3 Å². The van der Waals surface area contributed by atoms with Crippen LogP contribution in [0.4, 0.5) is 0 Å².